The number of nitrogens with zero attached hydrogens (tertiary/aromatic N) is 1. The second kappa shape index (κ2) is 12.6. The molecule has 5 nitrogen and oxygen atoms in total. The molecule has 2 amide bonds. The normalized spacial score (nSPS) is 14.6. The number of rotatable bonds is 11. The fourth-order valence-electron chi connectivity index (χ4n) is 4.38. The molecule has 1 saturated carbocycles. The van der Waals surface area contributed by atoms with Crippen LogP contribution in [0, 0.1) is 6.92 Å². The molecule has 178 valence electrons. The van der Waals surface area contributed by atoms with Crippen molar-refractivity contribution < 1.29 is 14.3 Å². The topological polar surface area (TPSA) is 58.6 Å². The van der Waals surface area contributed by atoms with E-state index in [4.69, 9.17) is 16.3 Å². The summed E-state index contributed by atoms with van der Waals surface area (Å²) in [6, 6.07) is 15.1. The van der Waals surface area contributed by atoms with Gasteiger partial charge in [0.15, 0.2) is 0 Å². The summed E-state index contributed by atoms with van der Waals surface area (Å²) in [4.78, 5) is 28.2. The van der Waals surface area contributed by atoms with Crippen molar-refractivity contribution in [3.63, 3.8) is 0 Å². The molecular formula is C27H35ClN2O3. The van der Waals surface area contributed by atoms with Gasteiger partial charge in [0.1, 0.15) is 11.8 Å². The van der Waals surface area contributed by atoms with Crippen LogP contribution in [0.25, 0.3) is 0 Å². The Hall–Kier alpha value is -2.53. The lowest BCUT2D eigenvalue weighted by atomic mass is 10.1. The highest BCUT2D eigenvalue weighted by Gasteiger charge is 2.30. The Morgan fingerprint density at radius 2 is 1.88 bits per heavy atom. The van der Waals surface area contributed by atoms with Crippen molar-refractivity contribution in [2.75, 3.05) is 6.61 Å². The zero-order valence-corrected chi connectivity index (χ0v) is 20.4. The molecule has 0 radical (unpaired) electrons. The third-order valence-corrected chi connectivity index (χ3v) is 6.39. The number of carbonyl (C=O) groups is 2. The monoisotopic (exact) mass is 470 g/mol. The van der Waals surface area contributed by atoms with Gasteiger partial charge in [-0.05, 0) is 62.4 Å². The number of aryl methyl sites for hydroxylation is 1. The number of carbonyl (C=O) groups excluding carboxylic acids is 2. The van der Waals surface area contributed by atoms with Gasteiger partial charge in [0.05, 0.1) is 6.61 Å². The van der Waals surface area contributed by atoms with E-state index in [0.29, 0.717) is 37.4 Å². The highest BCUT2D eigenvalue weighted by molar-refractivity contribution is 6.30. The lowest BCUT2D eigenvalue weighted by molar-refractivity contribution is -0.141. The molecule has 0 aromatic heterocycles. The maximum absolute atomic E-state index is 13.3. The predicted molar refractivity (Wildman–Crippen MR) is 132 cm³/mol. The minimum Gasteiger partial charge on any atom is -0.494 e. The molecule has 2 aromatic rings. The summed E-state index contributed by atoms with van der Waals surface area (Å²) in [5, 5.41) is 3.85. The van der Waals surface area contributed by atoms with Crippen molar-refractivity contribution in [3.05, 3.63) is 64.7 Å². The maximum Gasteiger partial charge on any atom is 0.243 e. The molecule has 3 rings (SSSR count). The smallest absolute Gasteiger partial charge is 0.243 e. The Bertz CT molecular complexity index is 910. The third kappa shape index (κ3) is 7.78. The summed E-state index contributed by atoms with van der Waals surface area (Å²) in [5.41, 5.74) is 2.17. The average Bonchev–Trinajstić information content (AvgIpc) is 3.30. The van der Waals surface area contributed by atoms with Crippen LogP contribution in [-0.2, 0) is 16.1 Å². The fourth-order valence-corrected chi connectivity index (χ4v) is 4.51. The summed E-state index contributed by atoms with van der Waals surface area (Å²) < 4.78 is 5.74. The van der Waals surface area contributed by atoms with Gasteiger partial charge in [-0.1, -0.05) is 61.2 Å². The molecule has 1 atom stereocenters. The van der Waals surface area contributed by atoms with E-state index in [0.717, 1.165) is 42.6 Å². The Morgan fingerprint density at radius 3 is 2.55 bits per heavy atom. The van der Waals surface area contributed by atoms with Gasteiger partial charge < -0.3 is 15.0 Å². The van der Waals surface area contributed by atoms with Gasteiger partial charge in [-0.15, -0.1) is 0 Å². The lowest BCUT2D eigenvalue weighted by Gasteiger charge is -2.31. The Balaban J connectivity index is 1.64. The van der Waals surface area contributed by atoms with Crippen LogP contribution in [0.1, 0.15) is 63.0 Å². The summed E-state index contributed by atoms with van der Waals surface area (Å²) in [5.74, 6) is 0.665. The van der Waals surface area contributed by atoms with Gasteiger partial charge in [-0.2, -0.15) is 0 Å². The molecule has 1 aliphatic carbocycles. The summed E-state index contributed by atoms with van der Waals surface area (Å²) in [6.07, 6.45) is 5.84. The molecule has 6 heteroatoms. The largest absolute Gasteiger partial charge is 0.494 e. The minimum absolute atomic E-state index is 0.0235. The van der Waals surface area contributed by atoms with Crippen molar-refractivity contribution >= 4 is 23.4 Å². The number of nitrogens with one attached hydrogen (secondary N) is 1. The first-order chi connectivity index (χ1) is 16.0. The highest BCUT2D eigenvalue weighted by Crippen LogP contribution is 2.20. The molecule has 0 unspecified atom stereocenters. The van der Waals surface area contributed by atoms with E-state index in [1.165, 1.54) is 0 Å². The van der Waals surface area contributed by atoms with Crippen LogP contribution in [0.5, 0.6) is 5.75 Å². The summed E-state index contributed by atoms with van der Waals surface area (Å²) >= 11 is 5.91. The highest BCUT2D eigenvalue weighted by atomic mass is 35.5. The van der Waals surface area contributed by atoms with Crippen molar-refractivity contribution in [2.45, 2.75) is 77.4 Å². The predicted octanol–water partition coefficient (Wildman–Crippen LogP) is 5.67. The SMILES string of the molecule is CC[C@H](C(=O)NC1CCCC1)N(Cc1cccc(C)c1)C(=O)CCCOc1ccc(Cl)cc1. The third-order valence-electron chi connectivity index (χ3n) is 6.14. The molecule has 0 aliphatic heterocycles. The molecule has 1 fully saturated rings. The first-order valence-corrected chi connectivity index (χ1v) is 12.4. The molecule has 0 heterocycles. The zero-order chi connectivity index (χ0) is 23.6. The second-order valence-electron chi connectivity index (χ2n) is 8.83. The van der Waals surface area contributed by atoms with E-state index >= 15 is 0 Å². The fraction of sp³-hybridized carbons (Fsp3) is 0.481. The van der Waals surface area contributed by atoms with Crippen LogP contribution in [-0.4, -0.2) is 35.4 Å². The van der Waals surface area contributed by atoms with Gasteiger partial charge in [-0.3, -0.25) is 9.59 Å². The first kappa shape index (κ1) is 25.1. The van der Waals surface area contributed by atoms with Gasteiger partial charge >= 0.3 is 0 Å². The number of halogens is 1. The van der Waals surface area contributed by atoms with Crippen molar-refractivity contribution in [3.8, 4) is 5.75 Å². The van der Waals surface area contributed by atoms with Gasteiger partial charge in [-0.25, -0.2) is 0 Å². The van der Waals surface area contributed by atoms with Crippen LogP contribution in [0.3, 0.4) is 0 Å². The van der Waals surface area contributed by atoms with Gasteiger partial charge in [0, 0.05) is 24.0 Å². The standard InChI is InChI=1S/C27H35ClN2O3/c1-3-25(27(32)29-23-10-4-5-11-23)30(19-21-9-6-8-20(2)18-21)26(31)12-7-17-33-24-15-13-22(28)14-16-24/h6,8-9,13-16,18,23,25H,3-5,7,10-12,17,19H2,1-2H3,(H,29,32)/t25-/m1/s1. The van der Waals surface area contributed by atoms with E-state index in [9.17, 15) is 9.59 Å². The number of hydrogen-bond donors (Lipinski definition) is 1. The number of benzene rings is 2. The van der Waals surface area contributed by atoms with Crippen LogP contribution in [0.15, 0.2) is 48.5 Å². The van der Waals surface area contributed by atoms with Crippen LogP contribution in [0.4, 0.5) is 0 Å². The number of amides is 2. The average molecular weight is 471 g/mol. The Morgan fingerprint density at radius 1 is 1.15 bits per heavy atom. The Labute approximate surface area is 202 Å². The van der Waals surface area contributed by atoms with E-state index in [2.05, 4.69) is 11.4 Å². The van der Waals surface area contributed by atoms with Crippen molar-refractivity contribution in [1.29, 1.82) is 0 Å². The van der Waals surface area contributed by atoms with Crippen LogP contribution in [0.2, 0.25) is 5.02 Å². The van der Waals surface area contributed by atoms with Gasteiger partial charge in [0.2, 0.25) is 11.8 Å². The molecule has 0 spiro atoms. The molecular weight excluding hydrogens is 436 g/mol. The number of ether oxygens (including phenoxy) is 1. The molecule has 2 aromatic carbocycles. The van der Waals surface area contributed by atoms with Crippen LogP contribution < -0.4 is 10.1 Å². The first-order valence-electron chi connectivity index (χ1n) is 12.0. The minimum atomic E-state index is -0.476. The van der Waals surface area contributed by atoms with Crippen LogP contribution >= 0.6 is 11.6 Å². The summed E-state index contributed by atoms with van der Waals surface area (Å²) in [7, 11) is 0. The zero-order valence-electron chi connectivity index (χ0n) is 19.7. The van der Waals surface area contributed by atoms with E-state index in [-0.39, 0.29) is 17.9 Å². The molecule has 1 aliphatic rings. The quantitative estimate of drug-likeness (QED) is 0.430. The molecule has 33 heavy (non-hydrogen) atoms. The van der Waals surface area contributed by atoms with E-state index in [1.54, 1.807) is 17.0 Å². The molecule has 1 N–H and O–H groups in total. The number of hydrogen-bond acceptors (Lipinski definition) is 3. The van der Waals surface area contributed by atoms with Crippen molar-refractivity contribution in [1.82, 2.24) is 10.2 Å². The molecule has 0 saturated heterocycles. The van der Waals surface area contributed by atoms with Crippen molar-refractivity contribution in [2.24, 2.45) is 0 Å². The maximum atomic E-state index is 13.3. The summed E-state index contributed by atoms with van der Waals surface area (Å²) in [6.45, 7) is 4.86. The molecule has 0 bridgehead atoms. The van der Waals surface area contributed by atoms with E-state index in [1.807, 2.05) is 44.2 Å². The Kier molecular flexibility index (Phi) is 9.61. The second-order valence-corrected chi connectivity index (χ2v) is 9.27. The van der Waals surface area contributed by atoms with Gasteiger partial charge in [0.25, 0.3) is 0 Å². The lowest BCUT2D eigenvalue weighted by Crippen LogP contribution is -2.50. The van der Waals surface area contributed by atoms with E-state index < -0.39 is 6.04 Å².